The van der Waals surface area contributed by atoms with Gasteiger partial charge >= 0.3 is 0 Å². The number of hydrogen-bond donors (Lipinski definition) is 1. The molecule has 1 aromatic carbocycles. The van der Waals surface area contributed by atoms with Crippen LogP contribution in [0.2, 0.25) is 0 Å². The van der Waals surface area contributed by atoms with Gasteiger partial charge in [-0.05, 0) is 43.2 Å². The zero-order chi connectivity index (χ0) is 13.7. The monoisotopic (exact) mass is 271 g/mol. The first kappa shape index (κ1) is 13.6. The molecule has 0 aliphatic carbocycles. The van der Waals surface area contributed by atoms with Crippen LogP contribution in [0.1, 0.15) is 22.2 Å². The molecule has 19 heavy (non-hydrogen) atoms. The van der Waals surface area contributed by atoms with Gasteiger partial charge in [0, 0.05) is 21.5 Å². The van der Waals surface area contributed by atoms with E-state index >= 15 is 0 Å². The van der Waals surface area contributed by atoms with E-state index in [1.807, 2.05) is 36.4 Å². The topological polar surface area (TPSA) is 29.1 Å². The fraction of sp³-hybridized carbons (Fsp3) is 0.188. The minimum Gasteiger partial charge on any atom is -0.322 e. The van der Waals surface area contributed by atoms with E-state index in [-0.39, 0.29) is 5.91 Å². The normalized spacial score (nSPS) is 10.8. The highest BCUT2D eigenvalue weighted by molar-refractivity contribution is 7.12. The molecule has 1 aromatic heterocycles. The fourth-order valence-corrected chi connectivity index (χ4v) is 2.61. The number of rotatable bonds is 4. The number of nitrogens with one attached hydrogen (secondary N) is 1. The van der Waals surface area contributed by atoms with Crippen molar-refractivity contribution in [2.75, 3.05) is 5.32 Å². The van der Waals surface area contributed by atoms with Gasteiger partial charge in [-0.2, -0.15) is 0 Å². The second kappa shape index (κ2) is 6.34. The van der Waals surface area contributed by atoms with Gasteiger partial charge in [-0.25, -0.2) is 0 Å². The van der Waals surface area contributed by atoms with Crippen molar-refractivity contribution in [3.05, 3.63) is 57.8 Å². The lowest BCUT2D eigenvalue weighted by atomic mass is 10.1. The molecule has 0 aliphatic rings. The van der Waals surface area contributed by atoms with Crippen molar-refractivity contribution in [1.29, 1.82) is 0 Å². The van der Waals surface area contributed by atoms with E-state index in [0.717, 1.165) is 22.5 Å². The standard InChI is InChI=1S/C16H17NOS/c1-3-13-6-4-5-7-15(13)17-16(18)11-10-14-9-8-12(2)19-14/h4-11H,3H2,1-2H3,(H,17,18)/b11-10+. The maximum Gasteiger partial charge on any atom is 0.248 e. The third-order valence-corrected chi connectivity index (χ3v) is 3.78. The summed E-state index contributed by atoms with van der Waals surface area (Å²) in [5.74, 6) is -0.0908. The molecule has 2 rings (SSSR count). The van der Waals surface area contributed by atoms with Crippen LogP contribution in [0, 0.1) is 6.92 Å². The molecule has 0 bridgehead atoms. The summed E-state index contributed by atoms with van der Waals surface area (Å²) < 4.78 is 0. The number of hydrogen-bond acceptors (Lipinski definition) is 2. The summed E-state index contributed by atoms with van der Waals surface area (Å²) in [7, 11) is 0. The van der Waals surface area contributed by atoms with Crippen molar-refractivity contribution in [3.63, 3.8) is 0 Å². The predicted molar refractivity (Wildman–Crippen MR) is 82.5 cm³/mol. The van der Waals surface area contributed by atoms with Gasteiger partial charge in [-0.15, -0.1) is 11.3 Å². The molecule has 2 aromatic rings. The molecule has 3 heteroatoms. The van der Waals surface area contributed by atoms with E-state index in [9.17, 15) is 4.79 Å². The Morgan fingerprint density at radius 2 is 2.05 bits per heavy atom. The van der Waals surface area contributed by atoms with Crippen molar-refractivity contribution in [2.24, 2.45) is 0 Å². The Labute approximate surface area is 117 Å². The molecule has 0 unspecified atom stereocenters. The predicted octanol–water partition coefficient (Wildman–Crippen LogP) is 4.27. The maximum absolute atomic E-state index is 11.9. The highest BCUT2D eigenvalue weighted by atomic mass is 32.1. The number of carbonyl (C=O) groups excluding carboxylic acids is 1. The molecule has 1 amide bonds. The van der Waals surface area contributed by atoms with Crippen LogP contribution in [-0.2, 0) is 11.2 Å². The molecule has 0 fully saturated rings. The Balaban J connectivity index is 2.03. The number of aryl methyl sites for hydroxylation is 2. The molecule has 0 spiro atoms. The van der Waals surface area contributed by atoms with Crippen LogP contribution in [0.5, 0.6) is 0 Å². The van der Waals surface area contributed by atoms with Crippen LogP contribution in [0.15, 0.2) is 42.5 Å². The quantitative estimate of drug-likeness (QED) is 0.827. The Bertz CT molecular complexity index is 598. The Kier molecular flexibility index (Phi) is 4.53. The van der Waals surface area contributed by atoms with E-state index in [4.69, 9.17) is 0 Å². The number of anilines is 1. The third kappa shape index (κ3) is 3.80. The number of carbonyl (C=O) groups is 1. The van der Waals surface area contributed by atoms with Crippen LogP contribution >= 0.6 is 11.3 Å². The van der Waals surface area contributed by atoms with Gasteiger partial charge in [-0.1, -0.05) is 25.1 Å². The highest BCUT2D eigenvalue weighted by Gasteiger charge is 2.02. The van der Waals surface area contributed by atoms with E-state index in [2.05, 4.69) is 25.2 Å². The molecule has 1 heterocycles. The van der Waals surface area contributed by atoms with Crippen molar-refractivity contribution < 1.29 is 4.79 Å². The Morgan fingerprint density at radius 3 is 2.74 bits per heavy atom. The van der Waals surface area contributed by atoms with Gasteiger partial charge < -0.3 is 5.32 Å². The Morgan fingerprint density at radius 1 is 1.26 bits per heavy atom. The van der Waals surface area contributed by atoms with E-state index in [1.165, 1.54) is 4.88 Å². The molecule has 98 valence electrons. The number of thiophene rings is 1. The molecular weight excluding hydrogens is 254 g/mol. The molecule has 0 radical (unpaired) electrons. The van der Waals surface area contributed by atoms with Crippen molar-refractivity contribution in [3.8, 4) is 0 Å². The van der Waals surface area contributed by atoms with Crippen molar-refractivity contribution >= 4 is 29.0 Å². The first-order chi connectivity index (χ1) is 9.19. The number of benzene rings is 1. The maximum atomic E-state index is 11.9. The lowest BCUT2D eigenvalue weighted by molar-refractivity contribution is -0.111. The lowest BCUT2D eigenvalue weighted by Crippen LogP contribution is -2.09. The second-order valence-corrected chi connectivity index (χ2v) is 5.60. The van der Waals surface area contributed by atoms with Gasteiger partial charge in [0.1, 0.15) is 0 Å². The van der Waals surface area contributed by atoms with Crippen LogP contribution in [0.4, 0.5) is 5.69 Å². The van der Waals surface area contributed by atoms with Gasteiger partial charge in [0.15, 0.2) is 0 Å². The summed E-state index contributed by atoms with van der Waals surface area (Å²) >= 11 is 1.68. The smallest absolute Gasteiger partial charge is 0.248 e. The minimum atomic E-state index is -0.0908. The second-order valence-electron chi connectivity index (χ2n) is 4.28. The molecule has 0 atom stereocenters. The Hall–Kier alpha value is -1.87. The summed E-state index contributed by atoms with van der Waals surface area (Å²) in [6, 6.07) is 11.9. The average Bonchev–Trinajstić information content (AvgIpc) is 2.83. The van der Waals surface area contributed by atoms with Crippen molar-refractivity contribution in [1.82, 2.24) is 0 Å². The van der Waals surface area contributed by atoms with Crippen LogP contribution in [0.3, 0.4) is 0 Å². The minimum absolute atomic E-state index is 0.0908. The fourth-order valence-electron chi connectivity index (χ4n) is 1.83. The number of para-hydroxylation sites is 1. The van der Waals surface area contributed by atoms with E-state index in [0.29, 0.717) is 0 Å². The average molecular weight is 271 g/mol. The van der Waals surface area contributed by atoms with Gasteiger partial charge in [-0.3, -0.25) is 4.79 Å². The van der Waals surface area contributed by atoms with E-state index in [1.54, 1.807) is 17.4 Å². The summed E-state index contributed by atoms with van der Waals surface area (Å²) in [6.07, 6.45) is 4.34. The molecule has 0 aliphatic heterocycles. The SMILES string of the molecule is CCc1ccccc1NC(=O)/C=C/c1ccc(C)s1. The summed E-state index contributed by atoms with van der Waals surface area (Å²) in [5, 5.41) is 2.92. The lowest BCUT2D eigenvalue weighted by Gasteiger charge is -2.07. The van der Waals surface area contributed by atoms with Crippen molar-refractivity contribution in [2.45, 2.75) is 20.3 Å². The summed E-state index contributed by atoms with van der Waals surface area (Å²) in [4.78, 5) is 14.2. The zero-order valence-corrected chi connectivity index (χ0v) is 12.0. The van der Waals surface area contributed by atoms with Crippen LogP contribution in [0.25, 0.3) is 6.08 Å². The largest absolute Gasteiger partial charge is 0.322 e. The molecule has 1 N–H and O–H groups in total. The van der Waals surface area contributed by atoms with Crippen LogP contribution < -0.4 is 5.32 Å². The van der Waals surface area contributed by atoms with E-state index < -0.39 is 0 Å². The molecule has 2 nitrogen and oxygen atoms in total. The molecule has 0 saturated carbocycles. The van der Waals surface area contributed by atoms with Gasteiger partial charge in [0.2, 0.25) is 5.91 Å². The van der Waals surface area contributed by atoms with Gasteiger partial charge in [0.05, 0.1) is 0 Å². The van der Waals surface area contributed by atoms with Gasteiger partial charge in [0.25, 0.3) is 0 Å². The summed E-state index contributed by atoms with van der Waals surface area (Å²) in [5.41, 5.74) is 2.04. The number of amides is 1. The summed E-state index contributed by atoms with van der Waals surface area (Å²) in [6.45, 7) is 4.13. The molecular formula is C16H17NOS. The third-order valence-electron chi connectivity index (χ3n) is 2.82. The van der Waals surface area contributed by atoms with Crippen LogP contribution in [-0.4, -0.2) is 5.91 Å². The zero-order valence-electron chi connectivity index (χ0n) is 11.1. The molecule has 0 saturated heterocycles. The first-order valence-corrected chi connectivity index (χ1v) is 7.14. The first-order valence-electron chi connectivity index (χ1n) is 6.32. The highest BCUT2D eigenvalue weighted by Crippen LogP contribution is 2.17.